The second kappa shape index (κ2) is 10.8. The molecule has 3 amide bonds. The van der Waals surface area contributed by atoms with Crippen molar-refractivity contribution in [1.82, 2.24) is 15.6 Å². The van der Waals surface area contributed by atoms with Crippen molar-refractivity contribution in [3.05, 3.63) is 84.1 Å². The molecule has 1 atom stereocenters. The van der Waals surface area contributed by atoms with E-state index >= 15 is 0 Å². The van der Waals surface area contributed by atoms with E-state index in [-0.39, 0.29) is 24.3 Å². The lowest BCUT2D eigenvalue weighted by Crippen LogP contribution is -2.49. The highest BCUT2D eigenvalue weighted by Gasteiger charge is 2.35. The molecule has 2 N–H and O–H groups in total. The number of para-hydroxylation sites is 1. The Kier molecular flexibility index (Phi) is 7.37. The first-order valence-electron chi connectivity index (χ1n) is 11.4. The Bertz CT molecular complexity index is 1120. The molecule has 2 heterocycles. The molecule has 0 spiro atoms. The Morgan fingerprint density at radius 3 is 2.47 bits per heavy atom. The molecule has 1 aliphatic rings. The number of benzene rings is 1. The molecule has 34 heavy (non-hydrogen) atoms. The average Bonchev–Trinajstić information content (AvgIpc) is 3.56. The number of hydrogen-bond acceptors (Lipinski definition) is 5. The summed E-state index contributed by atoms with van der Waals surface area (Å²) in [5.74, 6) is -1.07. The van der Waals surface area contributed by atoms with Crippen LogP contribution in [0.5, 0.6) is 0 Å². The van der Waals surface area contributed by atoms with E-state index in [4.69, 9.17) is 4.42 Å². The molecule has 1 saturated carbocycles. The van der Waals surface area contributed by atoms with E-state index < -0.39 is 17.9 Å². The summed E-state index contributed by atoms with van der Waals surface area (Å²) in [6.45, 7) is 1.59. The van der Waals surface area contributed by atoms with Gasteiger partial charge in [0.1, 0.15) is 6.04 Å². The third-order valence-corrected chi connectivity index (χ3v) is 6.02. The van der Waals surface area contributed by atoms with E-state index in [1.54, 1.807) is 36.7 Å². The zero-order valence-electron chi connectivity index (χ0n) is 19.1. The highest BCUT2D eigenvalue weighted by atomic mass is 16.3. The molecular weight excluding hydrogens is 432 g/mol. The average molecular weight is 461 g/mol. The molecular formula is C26H28N4O4. The van der Waals surface area contributed by atoms with Crippen molar-refractivity contribution in [1.29, 1.82) is 0 Å². The lowest BCUT2D eigenvalue weighted by molar-refractivity contribution is -0.126. The number of carbonyl (C=O) groups excluding carboxylic acids is 3. The van der Waals surface area contributed by atoms with Crippen molar-refractivity contribution in [3.8, 4) is 0 Å². The molecule has 8 nitrogen and oxygen atoms in total. The number of pyridine rings is 1. The van der Waals surface area contributed by atoms with Crippen molar-refractivity contribution in [3.63, 3.8) is 0 Å². The van der Waals surface area contributed by atoms with Gasteiger partial charge < -0.3 is 15.1 Å². The molecule has 1 fully saturated rings. The summed E-state index contributed by atoms with van der Waals surface area (Å²) in [6, 6.07) is 13.1. The summed E-state index contributed by atoms with van der Waals surface area (Å²) < 4.78 is 5.11. The molecule has 1 aromatic carbocycles. The monoisotopic (exact) mass is 460 g/mol. The maximum absolute atomic E-state index is 13.6. The third-order valence-electron chi connectivity index (χ3n) is 6.02. The Labute approximate surface area is 198 Å². The van der Waals surface area contributed by atoms with Gasteiger partial charge in [0.15, 0.2) is 5.76 Å². The molecule has 0 unspecified atom stereocenters. The number of nitrogens with zero attached hydrogens (tertiary/aromatic N) is 2. The Hall–Kier alpha value is -3.94. The van der Waals surface area contributed by atoms with Crippen LogP contribution in [0.4, 0.5) is 5.69 Å². The van der Waals surface area contributed by atoms with Crippen molar-refractivity contribution in [2.45, 2.75) is 44.7 Å². The van der Waals surface area contributed by atoms with Gasteiger partial charge in [-0.05, 0) is 61.2 Å². The lowest BCUT2D eigenvalue weighted by atomic mass is 10.0. The van der Waals surface area contributed by atoms with E-state index in [0.29, 0.717) is 11.3 Å². The summed E-state index contributed by atoms with van der Waals surface area (Å²) in [6.07, 6.45) is 8.59. The summed E-state index contributed by atoms with van der Waals surface area (Å²) >= 11 is 0. The van der Waals surface area contributed by atoms with E-state index in [1.165, 1.54) is 17.2 Å². The minimum Gasteiger partial charge on any atom is -0.459 e. The van der Waals surface area contributed by atoms with Crippen LogP contribution in [-0.2, 0) is 9.59 Å². The van der Waals surface area contributed by atoms with Crippen molar-refractivity contribution >= 4 is 23.4 Å². The number of hydrogen-bond donors (Lipinski definition) is 2. The SMILES string of the molecule is Cc1ccccc1N(C(=O)CNC(=O)c1ccco1)[C@H](C(=O)NC1CCCC1)c1ccncc1. The summed E-state index contributed by atoms with van der Waals surface area (Å²) in [7, 11) is 0. The predicted molar refractivity (Wildman–Crippen MR) is 127 cm³/mol. The fraction of sp³-hybridized carbons (Fsp3) is 0.308. The van der Waals surface area contributed by atoms with E-state index in [0.717, 1.165) is 31.2 Å². The second-order valence-corrected chi connectivity index (χ2v) is 8.38. The zero-order chi connectivity index (χ0) is 23.9. The van der Waals surface area contributed by atoms with Crippen LogP contribution < -0.4 is 15.5 Å². The van der Waals surface area contributed by atoms with Gasteiger partial charge in [-0.15, -0.1) is 0 Å². The summed E-state index contributed by atoms with van der Waals surface area (Å²) in [5, 5.41) is 5.74. The largest absolute Gasteiger partial charge is 0.459 e. The van der Waals surface area contributed by atoms with Crippen LogP contribution in [0, 0.1) is 6.92 Å². The summed E-state index contributed by atoms with van der Waals surface area (Å²) in [5.41, 5.74) is 2.07. The summed E-state index contributed by atoms with van der Waals surface area (Å²) in [4.78, 5) is 45.2. The van der Waals surface area contributed by atoms with Crippen LogP contribution in [0.25, 0.3) is 0 Å². The van der Waals surface area contributed by atoms with Gasteiger partial charge in [0.25, 0.3) is 5.91 Å². The Morgan fingerprint density at radius 2 is 1.79 bits per heavy atom. The Balaban J connectivity index is 1.67. The standard InChI is InChI=1S/C26H28N4O4/c1-18-7-2-5-10-21(18)30(23(31)17-28-25(32)22-11-6-16-34-22)24(19-12-14-27-15-13-19)26(33)29-20-8-3-4-9-20/h2,5-7,10-16,20,24H,3-4,8-9,17H2,1H3,(H,28,32)(H,29,33)/t24-/m0/s1. The molecule has 176 valence electrons. The normalized spacial score (nSPS) is 14.4. The number of nitrogens with one attached hydrogen (secondary N) is 2. The number of aromatic nitrogens is 1. The molecule has 4 rings (SSSR count). The van der Waals surface area contributed by atoms with E-state index in [9.17, 15) is 14.4 Å². The van der Waals surface area contributed by atoms with Gasteiger partial charge >= 0.3 is 0 Å². The first-order valence-corrected chi connectivity index (χ1v) is 11.4. The number of amides is 3. The van der Waals surface area contributed by atoms with Gasteiger partial charge in [0.05, 0.1) is 12.8 Å². The molecule has 0 saturated heterocycles. The molecule has 0 bridgehead atoms. The van der Waals surface area contributed by atoms with Crippen LogP contribution in [0.3, 0.4) is 0 Å². The fourth-order valence-corrected chi connectivity index (χ4v) is 4.30. The van der Waals surface area contributed by atoms with E-state index in [2.05, 4.69) is 15.6 Å². The topological polar surface area (TPSA) is 105 Å². The van der Waals surface area contributed by atoms with Crippen molar-refractivity contribution in [2.75, 3.05) is 11.4 Å². The van der Waals surface area contributed by atoms with Crippen molar-refractivity contribution in [2.24, 2.45) is 0 Å². The van der Waals surface area contributed by atoms with Gasteiger partial charge in [0.2, 0.25) is 11.8 Å². The lowest BCUT2D eigenvalue weighted by Gasteiger charge is -2.33. The highest BCUT2D eigenvalue weighted by molar-refractivity contribution is 6.04. The van der Waals surface area contributed by atoms with Crippen LogP contribution in [0.1, 0.15) is 53.4 Å². The molecule has 8 heteroatoms. The van der Waals surface area contributed by atoms with Gasteiger partial charge in [0, 0.05) is 24.1 Å². The van der Waals surface area contributed by atoms with E-state index in [1.807, 2.05) is 25.1 Å². The minimum absolute atomic E-state index is 0.0873. The molecule has 0 radical (unpaired) electrons. The van der Waals surface area contributed by atoms with Crippen LogP contribution in [-0.4, -0.2) is 35.3 Å². The van der Waals surface area contributed by atoms with Gasteiger partial charge in [-0.1, -0.05) is 31.0 Å². The molecule has 1 aliphatic carbocycles. The molecule has 0 aliphatic heterocycles. The third kappa shape index (κ3) is 5.33. The van der Waals surface area contributed by atoms with Gasteiger partial charge in [-0.2, -0.15) is 0 Å². The van der Waals surface area contributed by atoms with Crippen LogP contribution in [0.15, 0.2) is 71.6 Å². The number of rotatable bonds is 8. The van der Waals surface area contributed by atoms with Gasteiger partial charge in [-0.25, -0.2) is 0 Å². The second-order valence-electron chi connectivity index (χ2n) is 8.38. The zero-order valence-corrected chi connectivity index (χ0v) is 19.1. The number of anilines is 1. The highest BCUT2D eigenvalue weighted by Crippen LogP contribution is 2.31. The quantitative estimate of drug-likeness (QED) is 0.535. The number of aryl methyl sites for hydroxylation is 1. The molecule has 2 aromatic heterocycles. The number of carbonyl (C=O) groups is 3. The minimum atomic E-state index is -0.919. The maximum Gasteiger partial charge on any atom is 0.287 e. The first-order chi connectivity index (χ1) is 16.5. The fourth-order valence-electron chi connectivity index (χ4n) is 4.30. The number of furan rings is 1. The van der Waals surface area contributed by atoms with Crippen molar-refractivity contribution < 1.29 is 18.8 Å². The smallest absolute Gasteiger partial charge is 0.287 e. The maximum atomic E-state index is 13.6. The first kappa shape index (κ1) is 23.2. The molecule has 3 aromatic rings. The van der Waals surface area contributed by atoms with Crippen LogP contribution in [0.2, 0.25) is 0 Å². The Morgan fingerprint density at radius 1 is 1.06 bits per heavy atom. The predicted octanol–water partition coefficient (Wildman–Crippen LogP) is 3.55. The van der Waals surface area contributed by atoms with Gasteiger partial charge in [-0.3, -0.25) is 24.3 Å². The van der Waals surface area contributed by atoms with Crippen LogP contribution >= 0.6 is 0 Å².